The molecule has 1 fully saturated rings. The van der Waals surface area contributed by atoms with Gasteiger partial charge in [0.2, 0.25) is 5.91 Å². The molecule has 1 amide bonds. The number of benzene rings is 1. The Bertz CT molecular complexity index is 1380. The van der Waals surface area contributed by atoms with Crippen LogP contribution in [0.4, 0.5) is 0 Å². The number of fused-ring (bicyclic) bond motifs is 1. The number of piperidine rings is 1. The van der Waals surface area contributed by atoms with Crippen molar-refractivity contribution in [2.45, 2.75) is 32.7 Å². The minimum Gasteiger partial charge on any atom is -0.353 e. The highest BCUT2D eigenvalue weighted by Crippen LogP contribution is 2.25. The number of hydrogen-bond donors (Lipinski definition) is 1. The third kappa shape index (κ3) is 4.87. The number of carbonyl (C=O) groups is 1. The number of carbonyl (C=O) groups excluding carboxylic acids is 1. The molecule has 1 aliphatic rings. The Balaban J connectivity index is 1.47. The minimum absolute atomic E-state index is 0.146. The molecule has 0 unspecified atom stereocenters. The Labute approximate surface area is 207 Å². The molecule has 9 nitrogen and oxygen atoms in total. The highest BCUT2D eigenvalue weighted by atomic mass is 35.5. The molecule has 0 radical (unpaired) electrons. The number of nitrogens with one attached hydrogen (secondary N) is 1. The van der Waals surface area contributed by atoms with Gasteiger partial charge in [0.15, 0.2) is 5.82 Å². The fourth-order valence-corrected chi connectivity index (χ4v) is 4.70. The fourth-order valence-electron chi connectivity index (χ4n) is 4.57. The molecule has 4 heterocycles. The smallest absolute Gasteiger partial charge is 0.280 e. The van der Waals surface area contributed by atoms with E-state index in [0.29, 0.717) is 34.0 Å². The summed E-state index contributed by atoms with van der Waals surface area (Å²) in [7, 11) is 0. The topological polar surface area (TPSA) is 90.0 Å². The van der Waals surface area contributed by atoms with Crippen molar-refractivity contribution in [1.29, 1.82) is 0 Å². The molecule has 0 spiro atoms. The van der Waals surface area contributed by atoms with E-state index >= 15 is 0 Å². The van der Waals surface area contributed by atoms with Gasteiger partial charge in [-0.05, 0) is 69.3 Å². The first-order chi connectivity index (χ1) is 17.0. The molecular formula is C25H28ClN7O2. The molecule has 3 aromatic heterocycles. The summed E-state index contributed by atoms with van der Waals surface area (Å²) >= 11 is 6.08. The molecular weight excluding hydrogens is 466 g/mol. The largest absolute Gasteiger partial charge is 0.353 e. The van der Waals surface area contributed by atoms with Crippen molar-refractivity contribution in [3.8, 4) is 11.5 Å². The van der Waals surface area contributed by atoms with Crippen LogP contribution in [0.5, 0.6) is 0 Å². The molecule has 1 aromatic carbocycles. The summed E-state index contributed by atoms with van der Waals surface area (Å²) in [6.45, 7) is 5.17. The normalized spacial score (nSPS) is 14.5. The van der Waals surface area contributed by atoms with Gasteiger partial charge in [0.05, 0.1) is 11.4 Å². The van der Waals surface area contributed by atoms with Gasteiger partial charge in [-0.1, -0.05) is 18.0 Å². The van der Waals surface area contributed by atoms with E-state index in [1.165, 1.54) is 23.9 Å². The summed E-state index contributed by atoms with van der Waals surface area (Å²) in [5, 5.41) is 13.1. The van der Waals surface area contributed by atoms with Crippen molar-refractivity contribution in [3.05, 3.63) is 69.9 Å². The van der Waals surface area contributed by atoms with Crippen LogP contribution in [-0.4, -0.2) is 61.1 Å². The summed E-state index contributed by atoms with van der Waals surface area (Å²) in [4.78, 5) is 28.6. The van der Waals surface area contributed by atoms with E-state index in [0.717, 1.165) is 25.3 Å². The zero-order valence-electron chi connectivity index (χ0n) is 19.7. The second kappa shape index (κ2) is 10.1. The second-order valence-electron chi connectivity index (χ2n) is 8.83. The first kappa shape index (κ1) is 23.3. The lowest BCUT2D eigenvalue weighted by Crippen LogP contribution is -2.40. The Morgan fingerprint density at radius 3 is 2.49 bits per heavy atom. The Morgan fingerprint density at radius 2 is 1.77 bits per heavy atom. The lowest BCUT2D eigenvalue weighted by atomic mass is 10.1. The monoisotopic (exact) mass is 493 g/mol. The van der Waals surface area contributed by atoms with E-state index in [4.69, 9.17) is 16.7 Å². The summed E-state index contributed by atoms with van der Waals surface area (Å²) in [6.07, 6.45) is 7.41. The first-order valence-corrected chi connectivity index (χ1v) is 12.3. The van der Waals surface area contributed by atoms with Gasteiger partial charge in [-0.2, -0.15) is 10.2 Å². The van der Waals surface area contributed by atoms with Gasteiger partial charge in [0, 0.05) is 30.5 Å². The average molecular weight is 494 g/mol. The van der Waals surface area contributed by atoms with Gasteiger partial charge < -0.3 is 14.8 Å². The molecule has 0 atom stereocenters. The van der Waals surface area contributed by atoms with Crippen LogP contribution in [0, 0.1) is 6.92 Å². The van der Waals surface area contributed by atoms with Crippen molar-refractivity contribution in [2.75, 3.05) is 26.2 Å². The highest BCUT2D eigenvalue weighted by molar-refractivity contribution is 6.30. The van der Waals surface area contributed by atoms with Crippen LogP contribution in [-0.2, 0) is 11.3 Å². The van der Waals surface area contributed by atoms with Crippen LogP contribution in [0.25, 0.3) is 22.4 Å². The average Bonchev–Trinajstić information content (AvgIpc) is 3.52. The Kier molecular flexibility index (Phi) is 6.70. The number of nitrogens with zero attached hydrogens (tertiary/aromatic N) is 6. The predicted molar refractivity (Wildman–Crippen MR) is 135 cm³/mol. The molecule has 10 heteroatoms. The Morgan fingerprint density at radius 1 is 1.06 bits per heavy atom. The number of amides is 1. The predicted octanol–water partition coefficient (Wildman–Crippen LogP) is 2.94. The second-order valence-corrected chi connectivity index (χ2v) is 9.26. The van der Waals surface area contributed by atoms with E-state index in [2.05, 4.69) is 15.3 Å². The molecule has 0 saturated carbocycles. The van der Waals surface area contributed by atoms with Crippen molar-refractivity contribution >= 4 is 28.4 Å². The van der Waals surface area contributed by atoms with E-state index < -0.39 is 0 Å². The van der Waals surface area contributed by atoms with Crippen LogP contribution < -0.4 is 10.9 Å². The molecule has 4 aromatic rings. The van der Waals surface area contributed by atoms with Crippen LogP contribution in [0.1, 0.15) is 25.0 Å². The minimum atomic E-state index is -0.360. The van der Waals surface area contributed by atoms with Gasteiger partial charge in [0.25, 0.3) is 5.56 Å². The first-order valence-electron chi connectivity index (χ1n) is 11.9. The summed E-state index contributed by atoms with van der Waals surface area (Å²) < 4.78 is 4.78. The summed E-state index contributed by atoms with van der Waals surface area (Å²) in [5.41, 5.74) is 1.47. The van der Waals surface area contributed by atoms with Crippen LogP contribution >= 0.6 is 11.6 Å². The van der Waals surface area contributed by atoms with E-state index in [-0.39, 0.29) is 18.0 Å². The number of halogens is 1. The maximum Gasteiger partial charge on any atom is 0.280 e. The van der Waals surface area contributed by atoms with E-state index in [1.54, 1.807) is 23.7 Å². The van der Waals surface area contributed by atoms with E-state index in [1.807, 2.05) is 41.2 Å². The highest BCUT2D eigenvalue weighted by Gasteiger charge is 2.22. The van der Waals surface area contributed by atoms with Crippen LogP contribution in [0.15, 0.2) is 53.6 Å². The molecule has 182 valence electrons. The number of aryl methyl sites for hydroxylation is 1. The molecule has 5 rings (SSSR count). The molecule has 0 aliphatic carbocycles. The molecule has 1 aliphatic heterocycles. The molecule has 1 N–H and O–H groups in total. The molecule has 1 saturated heterocycles. The maximum absolute atomic E-state index is 13.6. The van der Waals surface area contributed by atoms with Gasteiger partial charge in [0.1, 0.15) is 17.4 Å². The zero-order chi connectivity index (χ0) is 24.4. The van der Waals surface area contributed by atoms with Crippen molar-refractivity contribution < 1.29 is 4.79 Å². The zero-order valence-corrected chi connectivity index (χ0v) is 20.4. The lowest BCUT2D eigenvalue weighted by Gasteiger charge is -2.26. The number of hydrogen-bond acceptors (Lipinski definition) is 5. The third-order valence-electron chi connectivity index (χ3n) is 6.34. The lowest BCUT2D eigenvalue weighted by molar-refractivity contribution is -0.121. The third-order valence-corrected chi connectivity index (χ3v) is 6.59. The van der Waals surface area contributed by atoms with Gasteiger partial charge in [-0.3, -0.25) is 9.59 Å². The SMILES string of the molecule is Cc1nn(CC(=O)NCCN2CCCCC2)c(=O)c2c(-n3cccc3)n(-c3ccc(Cl)cc3)nc12. The van der Waals surface area contributed by atoms with Crippen LogP contribution in [0.3, 0.4) is 0 Å². The van der Waals surface area contributed by atoms with Crippen molar-refractivity contribution in [1.82, 2.24) is 34.3 Å². The van der Waals surface area contributed by atoms with E-state index in [9.17, 15) is 9.59 Å². The van der Waals surface area contributed by atoms with Gasteiger partial charge in [-0.25, -0.2) is 9.36 Å². The Hall–Kier alpha value is -3.43. The summed E-state index contributed by atoms with van der Waals surface area (Å²) in [6, 6.07) is 11.0. The maximum atomic E-state index is 13.6. The van der Waals surface area contributed by atoms with Crippen LogP contribution in [0.2, 0.25) is 5.02 Å². The number of rotatable bonds is 7. The quantitative estimate of drug-likeness (QED) is 0.427. The van der Waals surface area contributed by atoms with Gasteiger partial charge >= 0.3 is 0 Å². The summed E-state index contributed by atoms with van der Waals surface area (Å²) in [5.74, 6) is 0.352. The fraction of sp³-hybridized carbons (Fsp3) is 0.360. The molecule has 0 bridgehead atoms. The van der Waals surface area contributed by atoms with Crippen molar-refractivity contribution in [3.63, 3.8) is 0 Å². The standard InChI is InChI=1S/C25H28ClN7O2/c1-18-23-22(24(31-14-5-6-15-31)33(29-23)20-9-7-19(26)8-10-20)25(35)32(28-18)17-21(34)27-11-16-30-12-3-2-4-13-30/h5-10,14-15H,2-4,11-13,16-17H2,1H3,(H,27,34). The number of likely N-dealkylation sites (tertiary alicyclic amines) is 1. The van der Waals surface area contributed by atoms with Gasteiger partial charge in [-0.15, -0.1) is 0 Å². The van der Waals surface area contributed by atoms with Crippen molar-refractivity contribution in [2.24, 2.45) is 0 Å². The number of aromatic nitrogens is 5. The molecule has 35 heavy (non-hydrogen) atoms.